The molecule has 0 N–H and O–H groups in total. The van der Waals surface area contributed by atoms with E-state index in [9.17, 15) is 4.79 Å². The lowest BCUT2D eigenvalue weighted by Gasteiger charge is -2.04. The van der Waals surface area contributed by atoms with Crippen molar-refractivity contribution in [2.45, 2.75) is 0 Å². The van der Waals surface area contributed by atoms with Gasteiger partial charge in [-0.2, -0.15) is 5.10 Å². The first-order valence-electron chi connectivity index (χ1n) is 4.68. The number of aryl methyl sites for hydroxylation is 1. The summed E-state index contributed by atoms with van der Waals surface area (Å²) in [4.78, 5) is 12.3. The Morgan fingerprint density at radius 3 is 2.76 bits per heavy atom. The zero-order valence-corrected chi connectivity index (χ0v) is 13.2. The van der Waals surface area contributed by atoms with Gasteiger partial charge in [-0.15, -0.1) is 0 Å². The highest BCUT2D eigenvalue weighted by Crippen LogP contribution is 2.23. The fourth-order valence-electron chi connectivity index (χ4n) is 1.44. The number of hydrogen-bond acceptors (Lipinski definition) is 2. The molecule has 1 aromatic carbocycles. The van der Waals surface area contributed by atoms with Crippen molar-refractivity contribution in [3.05, 3.63) is 48.7 Å². The number of ketones is 1. The van der Waals surface area contributed by atoms with Crippen molar-refractivity contribution >= 4 is 55.9 Å². The average molecular weight is 425 g/mol. The summed E-state index contributed by atoms with van der Waals surface area (Å²) >= 11 is 11.4. The van der Waals surface area contributed by atoms with Gasteiger partial charge in [-0.25, -0.2) is 0 Å². The highest BCUT2D eigenvalue weighted by atomic mass is 127. The van der Waals surface area contributed by atoms with Gasteiger partial charge in [0.1, 0.15) is 5.69 Å². The molecule has 17 heavy (non-hydrogen) atoms. The van der Waals surface area contributed by atoms with Crippen molar-refractivity contribution in [3.8, 4) is 0 Å². The van der Waals surface area contributed by atoms with Crippen LogP contribution >= 0.6 is 50.1 Å². The van der Waals surface area contributed by atoms with Gasteiger partial charge in [0.05, 0.1) is 15.7 Å². The largest absolute Gasteiger partial charge is 0.287 e. The zero-order chi connectivity index (χ0) is 12.6. The molecule has 1 aromatic heterocycles. The quantitative estimate of drug-likeness (QED) is 0.544. The molecule has 0 atom stereocenters. The van der Waals surface area contributed by atoms with Gasteiger partial charge in [0.15, 0.2) is 0 Å². The van der Waals surface area contributed by atoms with E-state index in [2.05, 4.69) is 43.6 Å². The minimum atomic E-state index is -0.102. The number of halogens is 3. The number of carbonyl (C=O) groups is 1. The highest BCUT2D eigenvalue weighted by Gasteiger charge is 2.17. The standard InChI is InChI=1S/C11H7BrClIN2O/c1-16-10(7(12)5-15-16)11(17)6-2-3-9(14)8(13)4-6/h2-5H,1H3. The lowest BCUT2D eigenvalue weighted by Crippen LogP contribution is -2.09. The van der Waals surface area contributed by atoms with Crippen molar-refractivity contribution in [3.63, 3.8) is 0 Å². The van der Waals surface area contributed by atoms with Crippen LogP contribution in [0.3, 0.4) is 0 Å². The molecule has 0 fully saturated rings. The van der Waals surface area contributed by atoms with Crippen LogP contribution in [0, 0.1) is 3.57 Å². The van der Waals surface area contributed by atoms with Crippen LogP contribution in [0.2, 0.25) is 5.02 Å². The monoisotopic (exact) mass is 424 g/mol. The van der Waals surface area contributed by atoms with Crippen LogP contribution in [-0.2, 0) is 7.05 Å². The SMILES string of the molecule is Cn1ncc(Br)c1C(=O)c1ccc(I)c(Cl)c1. The second kappa shape index (κ2) is 5.07. The molecule has 2 rings (SSSR count). The Morgan fingerprint density at radius 2 is 2.24 bits per heavy atom. The Labute approximate surface area is 125 Å². The molecule has 0 saturated carbocycles. The molecule has 0 aliphatic rings. The second-order valence-corrected chi connectivity index (χ2v) is 5.85. The lowest BCUT2D eigenvalue weighted by atomic mass is 10.1. The van der Waals surface area contributed by atoms with E-state index < -0.39 is 0 Å². The number of hydrogen-bond donors (Lipinski definition) is 0. The molecule has 0 unspecified atom stereocenters. The van der Waals surface area contributed by atoms with E-state index in [1.54, 1.807) is 25.4 Å². The molecule has 0 spiro atoms. The average Bonchev–Trinajstić information content (AvgIpc) is 2.62. The summed E-state index contributed by atoms with van der Waals surface area (Å²) in [5.74, 6) is -0.102. The van der Waals surface area contributed by atoms with Gasteiger partial charge in [0, 0.05) is 16.2 Å². The first-order valence-corrected chi connectivity index (χ1v) is 6.93. The Kier molecular flexibility index (Phi) is 3.89. The molecule has 1 heterocycles. The van der Waals surface area contributed by atoms with E-state index in [1.165, 1.54) is 4.68 Å². The van der Waals surface area contributed by atoms with E-state index in [-0.39, 0.29) is 5.78 Å². The van der Waals surface area contributed by atoms with Crippen molar-refractivity contribution < 1.29 is 4.79 Å². The smallest absolute Gasteiger partial charge is 0.212 e. The fraction of sp³-hybridized carbons (Fsp3) is 0.0909. The van der Waals surface area contributed by atoms with Gasteiger partial charge in [-0.05, 0) is 56.7 Å². The van der Waals surface area contributed by atoms with Crippen LogP contribution in [0.4, 0.5) is 0 Å². The van der Waals surface area contributed by atoms with Crippen LogP contribution in [0.5, 0.6) is 0 Å². The fourth-order valence-corrected chi connectivity index (χ4v) is 2.48. The number of rotatable bonds is 2. The Hall–Kier alpha value is -0.400. The molecule has 0 radical (unpaired) electrons. The Morgan fingerprint density at radius 1 is 1.53 bits per heavy atom. The number of aromatic nitrogens is 2. The van der Waals surface area contributed by atoms with Crippen LogP contribution in [0.25, 0.3) is 0 Å². The van der Waals surface area contributed by atoms with Gasteiger partial charge >= 0.3 is 0 Å². The van der Waals surface area contributed by atoms with Crippen LogP contribution < -0.4 is 0 Å². The number of benzene rings is 1. The minimum absolute atomic E-state index is 0.102. The lowest BCUT2D eigenvalue weighted by molar-refractivity contribution is 0.102. The molecule has 6 heteroatoms. The summed E-state index contributed by atoms with van der Waals surface area (Å²) in [7, 11) is 1.73. The van der Waals surface area contributed by atoms with E-state index in [4.69, 9.17) is 11.6 Å². The van der Waals surface area contributed by atoms with Crippen molar-refractivity contribution in [2.24, 2.45) is 7.05 Å². The summed E-state index contributed by atoms with van der Waals surface area (Å²) < 4.78 is 3.14. The molecular weight excluding hydrogens is 418 g/mol. The van der Waals surface area contributed by atoms with Gasteiger partial charge in [0.25, 0.3) is 0 Å². The molecule has 2 aromatic rings. The molecule has 88 valence electrons. The summed E-state index contributed by atoms with van der Waals surface area (Å²) in [6, 6.07) is 5.25. The predicted octanol–water partition coefficient (Wildman–Crippen LogP) is 3.67. The summed E-state index contributed by atoms with van der Waals surface area (Å²) in [5, 5.41) is 4.60. The molecule has 0 saturated heterocycles. The first-order chi connectivity index (χ1) is 8.00. The Balaban J connectivity index is 2.48. The van der Waals surface area contributed by atoms with Gasteiger partial charge in [0.2, 0.25) is 5.78 Å². The van der Waals surface area contributed by atoms with E-state index >= 15 is 0 Å². The molecule has 0 amide bonds. The predicted molar refractivity (Wildman–Crippen MR) is 78.5 cm³/mol. The van der Waals surface area contributed by atoms with Crippen LogP contribution in [-0.4, -0.2) is 15.6 Å². The topological polar surface area (TPSA) is 34.9 Å². The van der Waals surface area contributed by atoms with Crippen LogP contribution in [0.15, 0.2) is 28.9 Å². The molecule has 0 aliphatic heterocycles. The Bertz CT molecular complexity index is 578. The third kappa shape index (κ3) is 2.56. The summed E-state index contributed by atoms with van der Waals surface area (Å²) in [6.45, 7) is 0. The molecule has 0 bridgehead atoms. The maximum Gasteiger partial charge on any atom is 0.212 e. The number of nitrogens with zero attached hydrogens (tertiary/aromatic N) is 2. The third-order valence-electron chi connectivity index (χ3n) is 2.29. The maximum absolute atomic E-state index is 12.3. The van der Waals surface area contributed by atoms with Crippen molar-refractivity contribution in [2.75, 3.05) is 0 Å². The normalized spacial score (nSPS) is 10.6. The van der Waals surface area contributed by atoms with Crippen LogP contribution in [0.1, 0.15) is 16.1 Å². The second-order valence-electron chi connectivity index (χ2n) is 3.42. The maximum atomic E-state index is 12.3. The van der Waals surface area contributed by atoms with E-state index in [1.807, 2.05) is 6.07 Å². The summed E-state index contributed by atoms with van der Waals surface area (Å²) in [6.07, 6.45) is 1.60. The third-order valence-corrected chi connectivity index (χ3v) is 4.44. The summed E-state index contributed by atoms with van der Waals surface area (Å²) in [5.41, 5.74) is 1.07. The van der Waals surface area contributed by atoms with Crippen molar-refractivity contribution in [1.82, 2.24) is 9.78 Å². The zero-order valence-electron chi connectivity index (χ0n) is 8.75. The minimum Gasteiger partial charge on any atom is -0.287 e. The molecular formula is C11H7BrClIN2O. The van der Waals surface area contributed by atoms with Gasteiger partial charge in [-0.1, -0.05) is 11.6 Å². The first kappa shape index (κ1) is 13.0. The van der Waals surface area contributed by atoms with E-state index in [0.29, 0.717) is 20.8 Å². The highest BCUT2D eigenvalue weighted by molar-refractivity contribution is 14.1. The molecule has 3 nitrogen and oxygen atoms in total. The van der Waals surface area contributed by atoms with Crippen molar-refractivity contribution in [1.29, 1.82) is 0 Å². The molecule has 0 aliphatic carbocycles. The van der Waals surface area contributed by atoms with Gasteiger partial charge in [-0.3, -0.25) is 9.48 Å². The van der Waals surface area contributed by atoms with E-state index in [0.717, 1.165) is 3.57 Å². The number of carbonyl (C=O) groups excluding carboxylic acids is 1. The van der Waals surface area contributed by atoms with Gasteiger partial charge < -0.3 is 0 Å².